The maximum absolute atomic E-state index is 12.5. The van der Waals surface area contributed by atoms with Gasteiger partial charge < -0.3 is 15.0 Å². The van der Waals surface area contributed by atoms with Crippen LogP contribution in [-0.4, -0.2) is 36.1 Å². The molecule has 0 aliphatic carbocycles. The van der Waals surface area contributed by atoms with Crippen molar-refractivity contribution in [1.29, 1.82) is 0 Å². The molecule has 1 aliphatic rings. The first-order valence-corrected chi connectivity index (χ1v) is 9.67. The Morgan fingerprint density at radius 1 is 1.00 bits per heavy atom. The molecule has 1 N–H and O–H groups in total. The van der Waals surface area contributed by atoms with Crippen molar-refractivity contribution in [3.8, 4) is 0 Å². The van der Waals surface area contributed by atoms with Crippen molar-refractivity contribution < 1.29 is 9.53 Å². The van der Waals surface area contributed by atoms with Crippen LogP contribution >= 0.6 is 0 Å². The highest BCUT2D eigenvalue weighted by Gasteiger charge is 2.24. The lowest BCUT2D eigenvalue weighted by molar-refractivity contribution is -0.141. The fourth-order valence-corrected chi connectivity index (χ4v) is 3.59. The quantitative estimate of drug-likeness (QED) is 0.680. The third-order valence-corrected chi connectivity index (χ3v) is 5.08. The summed E-state index contributed by atoms with van der Waals surface area (Å²) in [6.45, 7) is 1.91. The van der Waals surface area contributed by atoms with Gasteiger partial charge in [0.1, 0.15) is 5.82 Å². The van der Waals surface area contributed by atoms with Gasteiger partial charge >= 0.3 is 5.97 Å². The van der Waals surface area contributed by atoms with Gasteiger partial charge in [0.15, 0.2) is 6.04 Å². The van der Waals surface area contributed by atoms with Crippen molar-refractivity contribution in [3.05, 3.63) is 60.2 Å². The minimum atomic E-state index is -0.640. The van der Waals surface area contributed by atoms with E-state index in [1.165, 1.54) is 13.5 Å². The van der Waals surface area contributed by atoms with E-state index in [2.05, 4.69) is 10.2 Å². The van der Waals surface area contributed by atoms with Gasteiger partial charge in [-0.25, -0.2) is 9.78 Å². The average Bonchev–Trinajstić information content (AvgIpc) is 2.78. The minimum absolute atomic E-state index is 0.353. The van der Waals surface area contributed by atoms with E-state index in [-0.39, 0.29) is 5.97 Å². The molecule has 1 aliphatic heterocycles. The Morgan fingerprint density at radius 2 is 1.71 bits per heavy atom. The first kappa shape index (κ1) is 18.2. The molecule has 0 amide bonds. The van der Waals surface area contributed by atoms with Gasteiger partial charge in [0.05, 0.1) is 12.6 Å². The zero-order valence-corrected chi connectivity index (χ0v) is 16.0. The third kappa shape index (κ3) is 3.76. The van der Waals surface area contributed by atoms with Crippen LogP contribution in [0.4, 0.5) is 11.8 Å². The van der Waals surface area contributed by atoms with Gasteiger partial charge in [-0.2, -0.15) is 4.98 Å². The van der Waals surface area contributed by atoms with E-state index >= 15 is 0 Å². The van der Waals surface area contributed by atoms with Crippen molar-refractivity contribution in [2.24, 2.45) is 0 Å². The number of esters is 1. The van der Waals surface area contributed by atoms with Gasteiger partial charge in [-0.1, -0.05) is 42.5 Å². The number of fused-ring (bicyclic) bond motifs is 1. The predicted octanol–water partition coefficient (Wildman–Crippen LogP) is 3.95. The minimum Gasteiger partial charge on any atom is -0.467 e. The Kier molecular flexibility index (Phi) is 5.37. The molecule has 1 unspecified atom stereocenters. The Labute approximate surface area is 164 Å². The third-order valence-electron chi connectivity index (χ3n) is 5.08. The molecule has 1 atom stereocenters. The summed E-state index contributed by atoms with van der Waals surface area (Å²) in [5, 5.41) is 4.20. The van der Waals surface area contributed by atoms with Gasteiger partial charge in [0, 0.05) is 18.5 Å². The summed E-state index contributed by atoms with van der Waals surface area (Å²) in [7, 11) is 1.40. The van der Waals surface area contributed by atoms with Crippen LogP contribution in [0, 0.1) is 0 Å². The molecule has 1 fully saturated rings. The van der Waals surface area contributed by atoms with Crippen LogP contribution in [0.3, 0.4) is 0 Å². The van der Waals surface area contributed by atoms with Crippen molar-refractivity contribution >= 4 is 28.6 Å². The second-order valence-electron chi connectivity index (χ2n) is 6.95. The number of benzene rings is 2. The standard InChI is InChI=1S/C22H24N4O2/c1-28-21(27)19(16-10-4-2-5-11-16)24-20-17-12-6-7-13-18(17)23-22(25-20)26-14-8-3-9-15-26/h2,4-7,10-13,19H,3,8-9,14-15H2,1H3,(H,23,24,25). The van der Waals surface area contributed by atoms with Crippen molar-refractivity contribution in [1.82, 2.24) is 9.97 Å². The first-order chi connectivity index (χ1) is 13.8. The Balaban J connectivity index is 1.76. The molecule has 1 saturated heterocycles. The lowest BCUT2D eigenvalue weighted by Gasteiger charge is -2.27. The van der Waals surface area contributed by atoms with E-state index in [1.54, 1.807) is 0 Å². The maximum atomic E-state index is 12.5. The second kappa shape index (κ2) is 8.25. The van der Waals surface area contributed by atoms with E-state index < -0.39 is 6.04 Å². The number of hydrogen-bond acceptors (Lipinski definition) is 6. The molecule has 144 valence electrons. The number of ether oxygens (including phenoxy) is 1. The molecule has 6 nitrogen and oxygen atoms in total. The number of anilines is 2. The molecule has 4 rings (SSSR count). The number of hydrogen-bond donors (Lipinski definition) is 1. The van der Waals surface area contributed by atoms with Crippen molar-refractivity contribution in [2.45, 2.75) is 25.3 Å². The molecular formula is C22H24N4O2. The summed E-state index contributed by atoms with van der Waals surface area (Å²) in [6.07, 6.45) is 3.54. The molecule has 3 aromatic rings. The van der Waals surface area contributed by atoms with Gasteiger partial charge in [-0.3, -0.25) is 0 Å². The Morgan fingerprint density at radius 3 is 2.46 bits per heavy atom. The molecule has 2 aromatic carbocycles. The van der Waals surface area contributed by atoms with Crippen LogP contribution in [0.5, 0.6) is 0 Å². The van der Waals surface area contributed by atoms with Crippen LogP contribution in [0.1, 0.15) is 30.9 Å². The summed E-state index contributed by atoms with van der Waals surface area (Å²) in [6, 6.07) is 16.8. The SMILES string of the molecule is COC(=O)C(Nc1nc(N2CCCCC2)nc2ccccc12)c1ccccc1. The van der Waals surface area contributed by atoms with Crippen LogP contribution in [0.15, 0.2) is 54.6 Å². The zero-order valence-electron chi connectivity index (χ0n) is 16.0. The molecule has 6 heteroatoms. The van der Waals surface area contributed by atoms with Crippen LogP contribution < -0.4 is 10.2 Å². The Hall–Kier alpha value is -3.15. The number of carbonyl (C=O) groups is 1. The number of methoxy groups -OCH3 is 1. The molecular weight excluding hydrogens is 352 g/mol. The van der Waals surface area contributed by atoms with Gasteiger partial charge in [-0.05, 0) is 37.0 Å². The predicted molar refractivity (Wildman–Crippen MR) is 110 cm³/mol. The van der Waals surface area contributed by atoms with E-state index in [0.717, 1.165) is 42.4 Å². The molecule has 0 spiro atoms. The number of carbonyl (C=O) groups excluding carboxylic acids is 1. The summed E-state index contributed by atoms with van der Waals surface area (Å²) in [4.78, 5) is 24.3. The van der Waals surface area contributed by atoms with Gasteiger partial charge in [0.2, 0.25) is 5.95 Å². The molecule has 0 radical (unpaired) electrons. The number of para-hydroxylation sites is 1. The monoisotopic (exact) mass is 376 g/mol. The van der Waals surface area contributed by atoms with Gasteiger partial charge in [0.25, 0.3) is 0 Å². The molecule has 28 heavy (non-hydrogen) atoms. The van der Waals surface area contributed by atoms with E-state index in [9.17, 15) is 4.79 Å². The van der Waals surface area contributed by atoms with E-state index in [0.29, 0.717) is 11.8 Å². The topological polar surface area (TPSA) is 67.3 Å². The molecule has 1 aromatic heterocycles. The summed E-state index contributed by atoms with van der Waals surface area (Å²) >= 11 is 0. The van der Waals surface area contributed by atoms with E-state index in [1.807, 2.05) is 54.6 Å². The summed E-state index contributed by atoms with van der Waals surface area (Å²) < 4.78 is 5.04. The highest BCUT2D eigenvalue weighted by molar-refractivity contribution is 5.92. The van der Waals surface area contributed by atoms with Crippen LogP contribution in [0.25, 0.3) is 10.9 Å². The van der Waals surface area contributed by atoms with E-state index in [4.69, 9.17) is 14.7 Å². The number of nitrogens with zero attached hydrogens (tertiary/aromatic N) is 3. The van der Waals surface area contributed by atoms with Crippen LogP contribution in [0.2, 0.25) is 0 Å². The fraction of sp³-hybridized carbons (Fsp3) is 0.318. The summed E-state index contributed by atoms with van der Waals surface area (Å²) in [5.74, 6) is 0.997. The lowest BCUT2D eigenvalue weighted by atomic mass is 10.1. The number of piperidine rings is 1. The molecule has 2 heterocycles. The normalized spacial score (nSPS) is 15.2. The van der Waals surface area contributed by atoms with Crippen molar-refractivity contribution in [2.75, 3.05) is 30.4 Å². The lowest BCUT2D eigenvalue weighted by Crippen LogP contribution is -2.31. The summed E-state index contributed by atoms with van der Waals surface area (Å²) in [5.41, 5.74) is 1.69. The largest absolute Gasteiger partial charge is 0.467 e. The number of aromatic nitrogens is 2. The molecule has 0 bridgehead atoms. The zero-order chi connectivity index (χ0) is 19.3. The fourth-order valence-electron chi connectivity index (χ4n) is 3.59. The number of nitrogens with one attached hydrogen (secondary N) is 1. The second-order valence-corrected chi connectivity index (χ2v) is 6.95. The smallest absolute Gasteiger partial charge is 0.333 e. The highest BCUT2D eigenvalue weighted by Crippen LogP contribution is 2.28. The number of rotatable bonds is 5. The van der Waals surface area contributed by atoms with Crippen molar-refractivity contribution in [3.63, 3.8) is 0 Å². The highest BCUT2D eigenvalue weighted by atomic mass is 16.5. The maximum Gasteiger partial charge on any atom is 0.333 e. The first-order valence-electron chi connectivity index (χ1n) is 9.67. The van der Waals surface area contributed by atoms with Gasteiger partial charge in [-0.15, -0.1) is 0 Å². The van der Waals surface area contributed by atoms with Crippen LogP contribution in [-0.2, 0) is 9.53 Å². The Bertz CT molecular complexity index is 955. The average molecular weight is 376 g/mol. The molecule has 0 saturated carbocycles.